The second kappa shape index (κ2) is 8.32. The highest BCUT2D eigenvalue weighted by Crippen LogP contribution is 2.30. The number of carbonyl (C=O) groups is 1. The summed E-state index contributed by atoms with van der Waals surface area (Å²) in [5.74, 6) is 0.152. The lowest BCUT2D eigenvalue weighted by atomic mass is 9.89. The number of amides is 1. The van der Waals surface area contributed by atoms with Crippen molar-refractivity contribution in [1.82, 2.24) is 4.90 Å². The Kier molecular flexibility index (Phi) is 5.65. The highest BCUT2D eigenvalue weighted by atomic mass is 35.5. The molecule has 0 spiro atoms. The van der Waals surface area contributed by atoms with Crippen LogP contribution in [0.15, 0.2) is 54.6 Å². The number of piperazine rings is 1. The molecule has 0 bridgehead atoms. The average Bonchev–Trinajstić information content (AvgIpc) is 2.70. The smallest absolute Gasteiger partial charge is 0.241 e. The van der Waals surface area contributed by atoms with Gasteiger partial charge in [-0.2, -0.15) is 0 Å². The van der Waals surface area contributed by atoms with Crippen LogP contribution in [0.1, 0.15) is 25.7 Å². The fraction of sp³-hybridized carbons (Fsp3) is 0.409. The zero-order valence-electron chi connectivity index (χ0n) is 15.5. The molecule has 1 aliphatic carbocycles. The zero-order chi connectivity index (χ0) is 18.6. The third kappa shape index (κ3) is 4.28. The van der Waals surface area contributed by atoms with Crippen molar-refractivity contribution in [2.24, 2.45) is 0 Å². The molecule has 1 N–H and O–H groups in total. The van der Waals surface area contributed by atoms with Crippen LogP contribution in [0.25, 0.3) is 0 Å². The van der Waals surface area contributed by atoms with Gasteiger partial charge in [0.05, 0.1) is 17.3 Å². The van der Waals surface area contributed by atoms with E-state index in [-0.39, 0.29) is 5.91 Å². The van der Waals surface area contributed by atoms with Crippen molar-refractivity contribution in [3.05, 3.63) is 59.6 Å². The van der Waals surface area contributed by atoms with Crippen molar-refractivity contribution in [3.8, 4) is 0 Å². The van der Waals surface area contributed by atoms with Crippen LogP contribution in [0.2, 0.25) is 5.02 Å². The van der Waals surface area contributed by atoms with Crippen LogP contribution >= 0.6 is 11.6 Å². The molecule has 1 saturated carbocycles. The van der Waals surface area contributed by atoms with Crippen LogP contribution in [0, 0.1) is 0 Å². The second-order valence-corrected chi connectivity index (χ2v) is 7.89. The molecule has 2 fully saturated rings. The Morgan fingerprint density at radius 3 is 2.30 bits per heavy atom. The van der Waals surface area contributed by atoms with Gasteiger partial charge >= 0.3 is 0 Å². The van der Waals surface area contributed by atoms with Crippen LogP contribution in [0.5, 0.6) is 0 Å². The van der Waals surface area contributed by atoms with Gasteiger partial charge in [0.2, 0.25) is 5.91 Å². The highest BCUT2D eigenvalue weighted by molar-refractivity contribution is 6.33. The van der Waals surface area contributed by atoms with E-state index in [1.165, 1.54) is 5.69 Å². The molecule has 2 aliphatic rings. The second-order valence-electron chi connectivity index (χ2n) is 7.48. The highest BCUT2D eigenvalue weighted by Gasteiger charge is 2.32. The molecule has 1 aliphatic heterocycles. The number of para-hydroxylation sites is 2. The van der Waals surface area contributed by atoms with E-state index in [1.54, 1.807) is 0 Å². The van der Waals surface area contributed by atoms with Gasteiger partial charge < -0.3 is 10.2 Å². The first-order valence-electron chi connectivity index (χ1n) is 9.81. The first-order valence-corrected chi connectivity index (χ1v) is 10.2. The number of hydrogen-bond acceptors (Lipinski definition) is 3. The Labute approximate surface area is 166 Å². The maximum absolute atomic E-state index is 12.7. The fourth-order valence-corrected chi connectivity index (χ4v) is 4.52. The van der Waals surface area contributed by atoms with Gasteiger partial charge in [0.15, 0.2) is 0 Å². The molecule has 0 radical (unpaired) electrons. The van der Waals surface area contributed by atoms with Crippen molar-refractivity contribution < 1.29 is 4.79 Å². The first-order chi connectivity index (χ1) is 13.2. The predicted octanol–water partition coefficient (Wildman–Crippen LogP) is 4.41. The summed E-state index contributed by atoms with van der Waals surface area (Å²) in [6.45, 7) is 2.12. The van der Waals surface area contributed by atoms with Crippen LogP contribution < -0.4 is 10.2 Å². The van der Waals surface area contributed by atoms with E-state index in [2.05, 4.69) is 34.5 Å². The van der Waals surface area contributed by atoms with Crippen molar-refractivity contribution in [2.75, 3.05) is 29.9 Å². The maximum Gasteiger partial charge on any atom is 0.241 e. The largest absolute Gasteiger partial charge is 0.382 e. The summed E-state index contributed by atoms with van der Waals surface area (Å²) >= 11 is 6.28. The minimum atomic E-state index is 0.152. The summed E-state index contributed by atoms with van der Waals surface area (Å²) in [4.78, 5) is 16.9. The first kappa shape index (κ1) is 18.3. The lowest BCUT2D eigenvalue weighted by molar-refractivity contribution is -0.122. The van der Waals surface area contributed by atoms with Gasteiger partial charge in [-0.3, -0.25) is 9.69 Å². The van der Waals surface area contributed by atoms with Crippen molar-refractivity contribution in [3.63, 3.8) is 0 Å². The normalized spacial score (nSPS) is 24.0. The Balaban J connectivity index is 1.30. The quantitative estimate of drug-likeness (QED) is 0.849. The van der Waals surface area contributed by atoms with Crippen molar-refractivity contribution in [2.45, 2.75) is 37.8 Å². The third-order valence-corrected chi connectivity index (χ3v) is 6.07. The molecule has 1 saturated heterocycles. The molecule has 1 heterocycles. The van der Waals surface area contributed by atoms with Crippen LogP contribution in [-0.2, 0) is 4.79 Å². The Hall–Kier alpha value is -2.04. The van der Waals surface area contributed by atoms with Gasteiger partial charge in [0, 0.05) is 30.9 Å². The van der Waals surface area contributed by atoms with E-state index in [0.717, 1.165) is 37.9 Å². The molecule has 0 unspecified atom stereocenters. The SMILES string of the molecule is O=C1CN(C2CCC(Nc3ccccc3)CC2)CCN1c1ccccc1Cl. The van der Waals surface area contributed by atoms with E-state index < -0.39 is 0 Å². The summed E-state index contributed by atoms with van der Waals surface area (Å²) in [5.41, 5.74) is 2.03. The molecular weight excluding hydrogens is 358 g/mol. The van der Waals surface area contributed by atoms with Gasteiger partial charge in [0.1, 0.15) is 0 Å². The molecule has 4 rings (SSSR count). The molecule has 5 heteroatoms. The number of carbonyl (C=O) groups excluding carboxylic acids is 1. The van der Waals surface area contributed by atoms with E-state index in [4.69, 9.17) is 11.6 Å². The topological polar surface area (TPSA) is 35.6 Å². The fourth-order valence-electron chi connectivity index (χ4n) is 4.28. The van der Waals surface area contributed by atoms with E-state index in [1.807, 2.05) is 35.2 Å². The number of rotatable bonds is 4. The number of halogens is 1. The minimum absolute atomic E-state index is 0.152. The molecule has 0 atom stereocenters. The van der Waals surface area contributed by atoms with Crippen molar-refractivity contribution in [1.29, 1.82) is 0 Å². The molecule has 1 amide bonds. The van der Waals surface area contributed by atoms with Crippen LogP contribution in [0.3, 0.4) is 0 Å². The van der Waals surface area contributed by atoms with Crippen LogP contribution in [0.4, 0.5) is 11.4 Å². The number of nitrogens with one attached hydrogen (secondary N) is 1. The Morgan fingerprint density at radius 2 is 1.59 bits per heavy atom. The van der Waals surface area contributed by atoms with Gasteiger partial charge in [-0.15, -0.1) is 0 Å². The van der Waals surface area contributed by atoms with E-state index in [9.17, 15) is 4.79 Å². The maximum atomic E-state index is 12.7. The van der Waals surface area contributed by atoms with E-state index in [0.29, 0.717) is 30.2 Å². The molecule has 2 aromatic carbocycles. The van der Waals surface area contributed by atoms with Gasteiger partial charge in [-0.05, 0) is 49.9 Å². The number of benzene rings is 2. The number of nitrogens with zero attached hydrogens (tertiary/aromatic N) is 2. The lowest BCUT2D eigenvalue weighted by Gasteiger charge is -2.41. The van der Waals surface area contributed by atoms with Gasteiger partial charge in [-0.25, -0.2) is 0 Å². The molecule has 2 aromatic rings. The average molecular weight is 384 g/mol. The summed E-state index contributed by atoms with van der Waals surface area (Å²) in [7, 11) is 0. The number of hydrogen-bond donors (Lipinski definition) is 1. The third-order valence-electron chi connectivity index (χ3n) is 5.75. The predicted molar refractivity (Wildman–Crippen MR) is 111 cm³/mol. The van der Waals surface area contributed by atoms with Gasteiger partial charge in [0.25, 0.3) is 0 Å². The van der Waals surface area contributed by atoms with Crippen molar-refractivity contribution >= 4 is 28.9 Å². The summed E-state index contributed by atoms with van der Waals surface area (Å²) in [6, 6.07) is 19.1. The van der Waals surface area contributed by atoms with Crippen LogP contribution in [-0.4, -0.2) is 42.5 Å². The minimum Gasteiger partial charge on any atom is -0.382 e. The molecule has 142 valence electrons. The Bertz CT molecular complexity index is 774. The standard InChI is InChI=1S/C22H26ClN3O/c23-20-8-4-5-9-21(20)26-15-14-25(16-22(26)27)19-12-10-18(11-13-19)24-17-6-2-1-3-7-17/h1-9,18-19,24H,10-16H2. The molecule has 0 aromatic heterocycles. The zero-order valence-corrected chi connectivity index (χ0v) is 16.2. The number of anilines is 2. The summed E-state index contributed by atoms with van der Waals surface area (Å²) < 4.78 is 0. The summed E-state index contributed by atoms with van der Waals surface area (Å²) in [6.07, 6.45) is 4.59. The Morgan fingerprint density at radius 1 is 0.889 bits per heavy atom. The summed E-state index contributed by atoms with van der Waals surface area (Å²) in [5, 5.41) is 4.28. The lowest BCUT2D eigenvalue weighted by Crippen LogP contribution is -2.54. The molecular formula is C22H26ClN3O. The monoisotopic (exact) mass is 383 g/mol. The molecule has 27 heavy (non-hydrogen) atoms. The van der Waals surface area contributed by atoms with E-state index >= 15 is 0 Å². The molecule has 4 nitrogen and oxygen atoms in total. The van der Waals surface area contributed by atoms with Gasteiger partial charge in [-0.1, -0.05) is 41.9 Å².